The maximum Gasteiger partial charge on any atom is 0.501 e. The lowest BCUT2D eigenvalue weighted by Gasteiger charge is -2.13. The molecule has 0 aliphatic heterocycles. The first-order chi connectivity index (χ1) is 9.73. The van der Waals surface area contributed by atoms with Crippen LogP contribution in [0.3, 0.4) is 0 Å². The third-order valence-electron chi connectivity index (χ3n) is 2.77. The van der Waals surface area contributed by atoms with Crippen molar-refractivity contribution < 1.29 is 21.6 Å². The molecule has 1 N–H and O–H groups in total. The zero-order chi connectivity index (χ0) is 15.7. The van der Waals surface area contributed by atoms with Crippen LogP contribution in [0.25, 0.3) is 0 Å². The number of halogens is 3. The van der Waals surface area contributed by atoms with Crippen molar-refractivity contribution in [3.8, 4) is 0 Å². The summed E-state index contributed by atoms with van der Waals surface area (Å²) in [4.78, 5) is 4.07. The lowest BCUT2D eigenvalue weighted by molar-refractivity contribution is -0.0435. The summed E-state index contributed by atoms with van der Waals surface area (Å²) in [6.07, 6.45) is 0. The van der Waals surface area contributed by atoms with Gasteiger partial charge in [0, 0.05) is 4.88 Å². The summed E-state index contributed by atoms with van der Waals surface area (Å²) in [6.45, 7) is 1.98. The number of nitrogens with one attached hydrogen (secondary N) is 1. The van der Waals surface area contributed by atoms with Crippen LogP contribution in [0.2, 0.25) is 0 Å². The number of sulfone groups is 1. The van der Waals surface area contributed by atoms with Gasteiger partial charge in [0.1, 0.15) is 0 Å². The molecule has 4 nitrogen and oxygen atoms in total. The first kappa shape index (κ1) is 15.8. The second kappa shape index (κ2) is 5.64. The zero-order valence-corrected chi connectivity index (χ0v) is 12.4. The Morgan fingerprint density at radius 3 is 2.52 bits per heavy atom. The molecule has 0 aliphatic carbocycles. The predicted molar refractivity (Wildman–Crippen MR) is 73.9 cm³/mol. The first-order valence-electron chi connectivity index (χ1n) is 5.76. The second-order valence-electron chi connectivity index (χ2n) is 4.16. The fraction of sp³-hybridized carbons (Fsp3) is 0.250. The number of para-hydroxylation sites is 1. The van der Waals surface area contributed by atoms with Crippen molar-refractivity contribution in [1.29, 1.82) is 0 Å². The second-order valence-corrected chi connectivity index (χ2v) is 7.01. The minimum absolute atomic E-state index is 0.0809. The molecular weight excluding hydrogens is 325 g/mol. The molecule has 0 aliphatic rings. The van der Waals surface area contributed by atoms with E-state index in [0.717, 1.165) is 16.6 Å². The highest BCUT2D eigenvalue weighted by Gasteiger charge is 2.47. The maximum absolute atomic E-state index is 12.7. The Morgan fingerprint density at radius 2 is 1.95 bits per heavy atom. The molecule has 1 aromatic carbocycles. The highest BCUT2D eigenvalue weighted by molar-refractivity contribution is 7.92. The Hall–Kier alpha value is -1.61. The largest absolute Gasteiger partial charge is 0.501 e. The maximum atomic E-state index is 12.7. The van der Waals surface area contributed by atoms with E-state index in [-0.39, 0.29) is 12.2 Å². The molecule has 2 rings (SSSR count). The molecule has 0 radical (unpaired) electrons. The van der Waals surface area contributed by atoms with Gasteiger partial charge in [-0.15, -0.1) is 11.3 Å². The highest BCUT2D eigenvalue weighted by Crippen LogP contribution is 2.34. The van der Waals surface area contributed by atoms with Gasteiger partial charge in [0.2, 0.25) is 0 Å². The monoisotopic (exact) mass is 336 g/mol. The molecule has 0 saturated carbocycles. The number of anilines is 1. The molecule has 0 atom stereocenters. The molecule has 1 heterocycles. The number of hydrogen-bond donors (Lipinski definition) is 1. The number of benzene rings is 1. The molecule has 1 aromatic heterocycles. The van der Waals surface area contributed by atoms with Gasteiger partial charge < -0.3 is 5.32 Å². The number of alkyl halides is 3. The Bertz CT molecular complexity index is 739. The molecule has 114 valence electrons. The average molecular weight is 336 g/mol. The van der Waals surface area contributed by atoms with Crippen molar-refractivity contribution in [2.45, 2.75) is 23.9 Å². The van der Waals surface area contributed by atoms with Gasteiger partial charge >= 0.3 is 5.51 Å². The number of nitrogens with zero attached hydrogens (tertiary/aromatic N) is 1. The van der Waals surface area contributed by atoms with Gasteiger partial charge in [-0.05, 0) is 19.1 Å². The van der Waals surface area contributed by atoms with Gasteiger partial charge in [0.05, 0.1) is 28.3 Å². The Balaban J connectivity index is 2.32. The van der Waals surface area contributed by atoms with Crippen LogP contribution in [-0.4, -0.2) is 18.9 Å². The van der Waals surface area contributed by atoms with Crippen molar-refractivity contribution >= 4 is 26.9 Å². The molecule has 0 fully saturated rings. The fourth-order valence-electron chi connectivity index (χ4n) is 1.64. The summed E-state index contributed by atoms with van der Waals surface area (Å²) < 4.78 is 61.0. The number of aryl methyl sites for hydroxylation is 1. The standard InChI is InChI=1S/C12H11F3N2O2S2/c1-8-10(20-7-17-8)6-16-9-4-2-3-5-11(9)21(18,19)12(13,14)15/h2-5,7,16H,6H2,1H3. The molecule has 21 heavy (non-hydrogen) atoms. The van der Waals surface area contributed by atoms with Crippen LogP contribution in [0.1, 0.15) is 10.6 Å². The predicted octanol–water partition coefficient (Wildman–Crippen LogP) is 3.36. The number of aromatic nitrogens is 1. The molecule has 0 saturated heterocycles. The van der Waals surface area contributed by atoms with E-state index in [2.05, 4.69) is 10.3 Å². The van der Waals surface area contributed by atoms with Crippen LogP contribution in [-0.2, 0) is 16.4 Å². The Kier molecular flexibility index (Phi) is 4.24. The lowest BCUT2D eigenvalue weighted by Crippen LogP contribution is -2.24. The first-order valence-corrected chi connectivity index (χ1v) is 8.13. The van der Waals surface area contributed by atoms with E-state index >= 15 is 0 Å². The van der Waals surface area contributed by atoms with E-state index in [1.54, 1.807) is 12.4 Å². The normalized spacial score (nSPS) is 12.4. The number of thiazole rings is 1. The van der Waals surface area contributed by atoms with Crippen LogP contribution in [0.4, 0.5) is 18.9 Å². The molecule has 0 unspecified atom stereocenters. The Labute approximate surface area is 123 Å². The minimum atomic E-state index is -5.38. The van der Waals surface area contributed by atoms with Crippen LogP contribution in [0.5, 0.6) is 0 Å². The lowest BCUT2D eigenvalue weighted by atomic mass is 10.3. The van der Waals surface area contributed by atoms with Crippen molar-refractivity contribution in [2.75, 3.05) is 5.32 Å². The summed E-state index contributed by atoms with van der Waals surface area (Å²) in [7, 11) is -5.38. The minimum Gasteiger partial charge on any atom is -0.379 e. The summed E-state index contributed by atoms with van der Waals surface area (Å²) in [5, 5.41) is 2.73. The van der Waals surface area contributed by atoms with Crippen LogP contribution in [0, 0.1) is 6.92 Å². The molecule has 0 spiro atoms. The van der Waals surface area contributed by atoms with Crippen LogP contribution >= 0.6 is 11.3 Å². The quantitative estimate of drug-likeness (QED) is 0.930. The molecule has 0 bridgehead atoms. The summed E-state index contributed by atoms with van der Waals surface area (Å²) in [5.74, 6) is 0. The molecular formula is C12H11F3N2O2S2. The van der Waals surface area contributed by atoms with E-state index in [4.69, 9.17) is 0 Å². The van der Waals surface area contributed by atoms with Gasteiger partial charge in [-0.3, -0.25) is 0 Å². The zero-order valence-electron chi connectivity index (χ0n) is 10.8. The molecule has 9 heteroatoms. The van der Waals surface area contributed by atoms with E-state index in [0.29, 0.717) is 0 Å². The van der Waals surface area contributed by atoms with E-state index < -0.39 is 20.2 Å². The van der Waals surface area contributed by atoms with Gasteiger partial charge in [-0.2, -0.15) is 13.2 Å². The van der Waals surface area contributed by atoms with E-state index in [1.165, 1.54) is 29.5 Å². The number of hydrogen-bond acceptors (Lipinski definition) is 5. The Morgan fingerprint density at radius 1 is 1.29 bits per heavy atom. The van der Waals surface area contributed by atoms with Crippen molar-refractivity contribution in [1.82, 2.24) is 4.98 Å². The van der Waals surface area contributed by atoms with Crippen molar-refractivity contribution in [2.24, 2.45) is 0 Å². The van der Waals surface area contributed by atoms with Crippen molar-refractivity contribution in [3.63, 3.8) is 0 Å². The molecule has 2 aromatic rings. The van der Waals surface area contributed by atoms with Gasteiger partial charge in [-0.25, -0.2) is 13.4 Å². The van der Waals surface area contributed by atoms with Crippen LogP contribution < -0.4 is 5.32 Å². The average Bonchev–Trinajstić information content (AvgIpc) is 2.81. The highest BCUT2D eigenvalue weighted by atomic mass is 32.2. The summed E-state index contributed by atoms with van der Waals surface area (Å²) in [5.41, 5.74) is -3.04. The van der Waals surface area contributed by atoms with Gasteiger partial charge in [0.25, 0.3) is 9.84 Å². The van der Waals surface area contributed by atoms with E-state index in [1.807, 2.05) is 0 Å². The van der Waals surface area contributed by atoms with Gasteiger partial charge in [0.15, 0.2) is 0 Å². The molecule has 0 amide bonds. The SMILES string of the molecule is Cc1ncsc1CNc1ccccc1S(=O)(=O)C(F)(F)F. The van der Waals surface area contributed by atoms with Gasteiger partial charge in [-0.1, -0.05) is 12.1 Å². The fourth-order valence-corrected chi connectivity index (χ4v) is 3.30. The summed E-state index contributed by atoms with van der Waals surface area (Å²) >= 11 is 1.34. The summed E-state index contributed by atoms with van der Waals surface area (Å²) in [6, 6.07) is 4.96. The van der Waals surface area contributed by atoms with Crippen molar-refractivity contribution in [3.05, 3.63) is 40.3 Å². The van der Waals surface area contributed by atoms with Crippen LogP contribution in [0.15, 0.2) is 34.7 Å². The third-order valence-corrected chi connectivity index (χ3v) is 5.25. The van der Waals surface area contributed by atoms with E-state index in [9.17, 15) is 21.6 Å². The topological polar surface area (TPSA) is 59.1 Å². The number of rotatable bonds is 4. The third kappa shape index (κ3) is 3.18. The smallest absolute Gasteiger partial charge is 0.379 e.